The van der Waals surface area contributed by atoms with Crippen LogP contribution in [0, 0.1) is 11.8 Å². The molecule has 0 aliphatic heterocycles. The molecular formula is C13H7NS2. The molecule has 3 aromatic rings. The number of para-hydroxylation sites is 1. The zero-order valence-electron chi connectivity index (χ0n) is 8.31. The van der Waals surface area contributed by atoms with Crippen LogP contribution in [0.15, 0.2) is 41.8 Å². The van der Waals surface area contributed by atoms with Crippen LogP contribution in [0.25, 0.3) is 10.2 Å². The summed E-state index contributed by atoms with van der Waals surface area (Å²) >= 11 is 3.29. The average molecular weight is 241 g/mol. The van der Waals surface area contributed by atoms with Gasteiger partial charge in [0.05, 0.1) is 15.1 Å². The number of thiophene rings is 1. The van der Waals surface area contributed by atoms with Gasteiger partial charge in [0.1, 0.15) is 0 Å². The Morgan fingerprint density at radius 2 is 1.94 bits per heavy atom. The van der Waals surface area contributed by atoms with Gasteiger partial charge >= 0.3 is 0 Å². The van der Waals surface area contributed by atoms with Gasteiger partial charge in [-0.1, -0.05) is 18.2 Å². The van der Waals surface area contributed by atoms with Gasteiger partial charge in [-0.25, -0.2) is 4.98 Å². The Bertz CT molecular complexity index is 636. The SMILES string of the molecule is C(#Cc1nc2ccccc2s1)c1cccs1. The van der Waals surface area contributed by atoms with Gasteiger partial charge in [0.15, 0.2) is 5.01 Å². The molecule has 0 fully saturated rings. The largest absolute Gasteiger partial charge is 0.228 e. The molecule has 2 heterocycles. The van der Waals surface area contributed by atoms with Gasteiger partial charge in [-0.15, -0.1) is 22.7 Å². The van der Waals surface area contributed by atoms with Crippen LogP contribution in [0.1, 0.15) is 9.88 Å². The maximum Gasteiger partial charge on any atom is 0.168 e. The summed E-state index contributed by atoms with van der Waals surface area (Å²) in [6.45, 7) is 0. The molecule has 0 saturated heterocycles. The van der Waals surface area contributed by atoms with Crippen LogP contribution in [0.4, 0.5) is 0 Å². The van der Waals surface area contributed by atoms with Crippen molar-refractivity contribution < 1.29 is 0 Å². The molecule has 0 aliphatic carbocycles. The Labute approximate surface area is 101 Å². The van der Waals surface area contributed by atoms with Crippen LogP contribution in [-0.2, 0) is 0 Å². The highest BCUT2D eigenvalue weighted by Crippen LogP contribution is 2.20. The highest BCUT2D eigenvalue weighted by molar-refractivity contribution is 7.19. The molecule has 0 N–H and O–H groups in total. The third-order valence-corrected chi connectivity index (χ3v) is 3.84. The second-order valence-corrected chi connectivity index (χ2v) is 5.19. The molecule has 76 valence electrons. The van der Waals surface area contributed by atoms with E-state index in [9.17, 15) is 0 Å². The molecule has 0 atom stereocenters. The Kier molecular flexibility index (Phi) is 2.45. The lowest BCUT2D eigenvalue weighted by Gasteiger charge is -1.80. The second kappa shape index (κ2) is 4.09. The first-order valence-corrected chi connectivity index (χ1v) is 6.52. The fourth-order valence-corrected chi connectivity index (χ4v) is 2.78. The Balaban J connectivity index is 2.01. The predicted octanol–water partition coefficient (Wildman–Crippen LogP) is 3.76. The third-order valence-electron chi connectivity index (χ3n) is 2.11. The van der Waals surface area contributed by atoms with E-state index < -0.39 is 0 Å². The molecule has 16 heavy (non-hydrogen) atoms. The first-order chi connectivity index (χ1) is 7.92. The van der Waals surface area contributed by atoms with Crippen LogP contribution in [0.5, 0.6) is 0 Å². The summed E-state index contributed by atoms with van der Waals surface area (Å²) in [5.41, 5.74) is 1.03. The van der Waals surface area contributed by atoms with Gasteiger partial charge in [0.25, 0.3) is 0 Å². The predicted molar refractivity (Wildman–Crippen MR) is 69.9 cm³/mol. The minimum atomic E-state index is 0.884. The maximum absolute atomic E-state index is 4.46. The summed E-state index contributed by atoms with van der Waals surface area (Å²) in [6.07, 6.45) is 0. The average Bonchev–Trinajstić information content (AvgIpc) is 2.95. The molecule has 0 spiro atoms. The van der Waals surface area contributed by atoms with E-state index in [0.717, 1.165) is 15.4 Å². The third kappa shape index (κ3) is 1.85. The minimum absolute atomic E-state index is 0.884. The van der Waals surface area contributed by atoms with Crippen molar-refractivity contribution in [3.8, 4) is 11.8 Å². The highest BCUT2D eigenvalue weighted by atomic mass is 32.1. The number of rotatable bonds is 0. The van der Waals surface area contributed by atoms with Crippen molar-refractivity contribution in [3.63, 3.8) is 0 Å². The monoisotopic (exact) mass is 241 g/mol. The van der Waals surface area contributed by atoms with Gasteiger partial charge in [-0.2, -0.15) is 0 Å². The summed E-state index contributed by atoms with van der Waals surface area (Å²) in [4.78, 5) is 5.54. The molecule has 0 saturated carbocycles. The summed E-state index contributed by atoms with van der Waals surface area (Å²) in [7, 11) is 0. The van der Waals surface area contributed by atoms with Crippen molar-refractivity contribution >= 4 is 32.9 Å². The maximum atomic E-state index is 4.46. The topological polar surface area (TPSA) is 12.9 Å². The van der Waals surface area contributed by atoms with E-state index in [-0.39, 0.29) is 0 Å². The Morgan fingerprint density at radius 1 is 1.00 bits per heavy atom. The van der Waals surface area contributed by atoms with Crippen molar-refractivity contribution in [2.45, 2.75) is 0 Å². The fourth-order valence-electron chi connectivity index (χ4n) is 1.39. The molecule has 1 nitrogen and oxygen atoms in total. The molecule has 3 rings (SSSR count). The summed E-state index contributed by atoms with van der Waals surface area (Å²) < 4.78 is 1.19. The number of hydrogen-bond acceptors (Lipinski definition) is 3. The van der Waals surface area contributed by atoms with E-state index in [1.807, 2.05) is 35.7 Å². The minimum Gasteiger partial charge on any atom is -0.228 e. The number of benzene rings is 1. The molecule has 0 radical (unpaired) electrons. The van der Waals surface area contributed by atoms with E-state index in [1.165, 1.54) is 4.70 Å². The Hall–Kier alpha value is -1.63. The quantitative estimate of drug-likeness (QED) is 0.546. The molecule has 0 unspecified atom stereocenters. The number of fused-ring (bicyclic) bond motifs is 1. The standard InChI is InChI=1S/C13H7NS2/c1-2-6-12-11(5-1)14-13(16-12)8-7-10-4-3-9-15-10/h1-6,9H. The molecule has 0 amide bonds. The van der Waals surface area contributed by atoms with Crippen molar-refractivity contribution in [2.75, 3.05) is 0 Å². The number of aromatic nitrogens is 1. The number of hydrogen-bond donors (Lipinski definition) is 0. The van der Waals surface area contributed by atoms with Gasteiger partial charge in [0.2, 0.25) is 0 Å². The molecule has 0 aliphatic rings. The van der Waals surface area contributed by atoms with Crippen LogP contribution in [-0.4, -0.2) is 4.98 Å². The zero-order chi connectivity index (χ0) is 10.8. The van der Waals surface area contributed by atoms with Gasteiger partial charge in [-0.05, 0) is 35.4 Å². The molecule has 3 heteroatoms. The number of thiazole rings is 1. The fraction of sp³-hybridized carbons (Fsp3) is 0. The van der Waals surface area contributed by atoms with Crippen LogP contribution < -0.4 is 0 Å². The first-order valence-electron chi connectivity index (χ1n) is 4.83. The summed E-state index contributed by atoms with van der Waals surface area (Å²) in [5.74, 6) is 6.22. The van der Waals surface area contributed by atoms with Crippen molar-refractivity contribution in [1.29, 1.82) is 0 Å². The molecule has 2 aromatic heterocycles. The lowest BCUT2D eigenvalue weighted by molar-refractivity contribution is 1.45. The van der Waals surface area contributed by atoms with Crippen LogP contribution >= 0.6 is 22.7 Å². The normalized spacial score (nSPS) is 10.0. The van der Waals surface area contributed by atoms with Gasteiger partial charge in [-0.3, -0.25) is 0 Å². The highest BCUT2D eigenvalue weighted by Gasteiger charge is 1.99. The van der Waals surface area contributed by atoms with E-state index in [4.69, 9.17) is 0 Å². The molecule has 0 bridgehead atoms. The lowest BCUT2D eigenvalue weighted by atomic mass is 10.3. The van der Waals surface area contributed by atoms with E-state index in [2.05, 4.69) is 22.9 Å². The van der Waals surface area contributed by atoms with E-state index >= 15 is 0 Å². The second-order valence-electron chi connectivity index (χ2n) is 3.21. The summed E-state index contributed by atoms with van der Waals surface area (Å²) in [6, 6.07) is 12.1. The van der Waals surface area contributed by atoms with Gasteiger partial charge < -0.3 is 0 Å². The van der Waals surface area contributed by atoms with Gasteiger partial charge in [0, 0.05) is 0 Å². The summed E-state index contributed by atoms with van der Waals surface area (Å²) in [5, 5.41) is 2.91. The van der Waals surface area contributed by atoms with Crippen molar-refractivity contribution in [1.82, 2.24) is 4.98 Å². The lowest BCUT2D eigenvalue weighted by Crippen LogP contribution is -1.69. The van der Waals surface area contributed by atoms with Crippen molar-refractivity contribution in [2.24, 2.45) is 0 Å². The first kappa shape index (κ1) is 9.59. The molecule has 1 aromatic carbocycles. The van der Waals surface area contributed by atoms with E-state index in [0.29, 0.717) is 0 Å². The molecular weight excluding hydrogens is 234 g/mol. The smallest absolute Gasteiger partial charge is 0.168 e. The Morgan fingerprint density at radius 3 is 2.75 bits per heavy atom. The van der Waals surface area contributed by atoms with Crippen LogP contribution in [0.2, 0.25) is 0 Å². The van der Waals surface area contributed by atoms with Crippen molar-refractivity contribution in [3.05, 3.63) is 51.7 Å². The van der Waals surface area contributed by atoms with Crippen LogP contribution in [0.3, 0.4) is 0 Å². The number of nitrogens with zero attached hydrogens (tertiary/aromatic N) is 1. The zero-order valence-corrected chi connectivity index (χ0v) is 9.94. The van der Waals surface area contributed by atoms with E-state index in [1.54, 1.807) is 22.7 Å².